The van der Waals surface area contributed by atoms with Crippen LogP contribution in [-0.4, -0.2) is 21.7 Å². The van der Waals surface area contributed by atoms with Crippen LogP contribution in [0.4, 0.5) is 0 Å². The van der Waals surface area contributed by atoms with E-state index in [0.717, 1.165) is 16.1 Å². The maximum Gasteiger partial charge on any atom is 0.0893 e. The summed E-state index contributed by atoms with van der Waals surface area (Å²) in [7, 11) is 0. The van der Waals surface area contributed by atoms with Crippen molar-refractivity contribution in [3.63, 3.8) is 0 Å². The van der Waals surface area contributed by atoms with Crippen molar-refractivity contribution < 1.29 is 5.11 Å². The molecule has 0 saturated carbocycles. The molecule has 0 aromatic carbocycles. The summed E-state index contributed by atoms with van der Waals surface area (Å²) in [5.41, 5.74) is 1.93. The summed E-state index contributed by atoms with van der Waals surface area (Å²) in [6.45, 7) is 0.0678. The van der Waals surface area contributed by atoms with Gasteiger partial charge in [-0.15, -0.1) is 11.3 Å². The highest BCUT2D eigenvalue weighted by atomic mass is 32.1. The fraction of sp³-hybridized carbons (Fsp3) is 0.0909. The van der Waals surface area contributed by atoms with E-state index in [1.54, 1.807) is 36.0 Å². The first-order chi connectivity index (χ1) is 7.40. The van der Waals surface area contributed by atoms with Gasteiger partial charge in [0.05, 0.1) is 18.5 Å². The predicted molar refractivity (Wildman–Crippen MR) is 61.5 cm³/mol. The molecular formula is C11H10N2OS. The van der Waals surface area contributed by atoms with Crippen molar-refractivity contribution in [3.05, 3.63) is 41.0 Å². The van der Waals surface area contributed by atoms with Gasteiger partial charge in [0.2, 0.25) is 0 Å². The van der Waals surface area contributed by atoms with Gasteiger partial charge in [0.1, 0.15) is 0 Å². The van der Waals surface area contributed by atoms with Gasteiger partial charge in [-0.3, -0.25) is 9.97 Å². The van der Waals surface area contributed by atoms with E-state index in [1.165, 1.54) is 0 Å². The fourth-order valence-corrected chi connectivity index (χ4v) is 2.01. The Balaban J connectivity index is 2.24. The standard InChI is InChI=1S/C11H10N2OS/c14-5-1-2-10-6-9(8-15-10)11-7-12-3-4-13-11/h1-4,6-8,14H,5H2/b2-1+. The van der Waals surface area contributed by atoms with E-state index in [0.29, 0.717) is 0 Å². The molecule has 4 heteroatoms. The van der Waals surface area contributed by atoms with E-state index in [-0.39, 0.29) is 6.61 Å². The summed E-state index contributed by atoms with van der Waals surface area (Å²) in [5, 5.41) is 10.7. The second-order valence-corrected chi connectivity index (χ2v) is 3.86. The Bertz CT molecular complexity index is 451. The first-order valence-corrected chi connectivity index (χ1v) is 5.40. The summed E-state index contributed by atoms with van der Waals surface area (Å²) in [4.78, 5) is 9.33. The molecule has 0 bridgehead atoms. The average molecular weight is 218 g/mol. The highest BCUT2D eigenvalue weighted by molar-refractivity contribution is 7.11. The van der Waals surface area contributed by atoms with Gasteiger partial charge >= 0.3 is 0 Å². The zero-order valence-corrected chi connectivity index (χ0v) is 8.81. The first kappa shape index (κ1) is 10.0. The molecule has 0 spiro atoms. The smallest absolute Gasteiger partial charge is 0.0893 e. The molecule has 15 heavy (non-hydrogen) atoms. The minimum atomic E-state index is 0.0678. The molecule has 0 saturated heterocycles. The lowest BCUT2D eigenvalue weighted by Gasteiger charge is -1.92. The van der Waals surface area contributed by atoms with Gasteiger partial charge in [-0.25, -0.2) is 0 Å². The van der Waals surface area contributed by atoms with Crippen LogP contribution in [0, 0.1) is 0 Å². The molecule has 0 unspecified atom stereocenters. The van der Waals surface area contributed by atoms with Crippen molar-refractivity contribution in [1.82, 2.24) is 9.97 Å². The first-order valence-electron chi connectivity index (χ1n) is 4.52. The van der Waals surface area contributed by atoms with Gasteiger partial charge in [-0.1, -0.05) is 6.08 Å². The lowest BCUT2D eigenvalue weighted by Crippen LogP contribution is -1.80. The van der Waals surface area contributed by atoms with Gasteiger partial charge < -0.3 is 5.11 Å². The molecule has 76 valence electrons. The molecule has 2 aromatic rings. The maximum absolute atomic E-state index is 8.65. The number of hydrogen-bond donors (Lipinski definition) is 1. The van der Waals surface area contributed by atoms with E-state index in [1.807, 2.05) is 17.5 Å². The number of hydrogen-bond acceptors (Lipinski definition) is 4. The van der Waals surface area contributed by atoms with Crippen molar-refractivity contribution in [2.75, 3.05) is 6.61 Å². The third-order valence-electron chi connectivity index (χ3n) is 1.87. The van der Waals surface area contributed by atoms with Crippen molar-refractivity contribution in [3.8, 4) is 11.3 Å². The fourth-order valence-electron chi connectivity index (χ4n) is 1.19. The molecule has 2 aromatic heterocycles. The number of aliphatic hydroxyl groups is 1. The molecule has 0 aliphatic heterocycles. The average Bonchev–Trinajstić information content (AvgIpc) is 2.76. The number of aromatic nitrogens is 2. The molecule has 0 radical (unpaired) electrons. The number of rotatable bonds is 3. The van der Waals surface area contributed by atoms with Gasteiger partial charge in [-0.2, -0.15) is 0 Å². The number of thiophene rings is 1. The molecule has 0 atom stereocenters. The quantitative estimate of drug-likeness (QED) is 0.859. The van der Waals surface area contributed by atoms with Crippen LogP contribution in [0.5, 0.6) is 0 Å². The SMILES string of the molecule is OC/C=C/c1cc(-c2cnccn2)cs1. The molecule has 1 N–H and O–H groups in total. The molecule has 0 aliphatic rings. The van der Waals surface area contributed by atoms with E-state index >= 15 is 0 Å². The zero-order valence-electron chi connectivity index (χ0n) is 8.00. The van der Waals surface area contributed by atoms with E-state index in [4.69, 9.17) is 5.11 Å². The highest BCUT2D eigenvalue weighted by Crippen LogP contribution is 2.24. The van der Waals surface area contributed by atoms with Gasteiger partial charge in [0.15, 0.2) is 0 Å². The van der Waals surface area contributed by atoms with E-state index in [2.05, 4.69) is 9.97 Å². The highest BCUT2D eigenvalue weighted by Gasteiger charge is 2.01. The second-order valence-electron chi connectivity index (χ2n) is 2.91. The summed E-state index contributed by atoms with van der Waals surface area (Å²) in [6.07, 6.45) is 8.68. The zero-order chi connectivity index (χ0) is 10.5. The summed E-state index contributed by atoms with van der Waals surface area (Å²) in [6, 6.07) is 2.03. The lowest BCUT2D eigenvalue weighted by molar-refractivity contribution is 0.343. The van der Waals surface area contributed by atoms with Crippen molar-refractivity contribution in [1.29, 1.82) is 0 Å². The van der Waals surface area contributed by atoms with Crippen LogP contribution in [-0.2, 0) is 0 Å². The van der Waals surface area contributed by atoms with Crippen LogP contribution in [0.1, 0.15) is 4.88 Å². The predicted octanol–water partition coefficient (Wildman–Crippen LogP) is 2.21. The van der Waals surface area contributed by atoms with Crippen molar-refractivity contribution in [2.45, 2.75) is 0 Å². The van der Waals surface area contributed by atoms with Crippen LogP contribution in [0.3, 0.4) is 0 Å². The molecule has 2 heterocycles. The van der Waals surface area contributed by atoms with Crippen molar-refractivity contribution in [2.24, 2.45) is 0 Å². The van der Waals surface area contributed by atoms with Crippen LogP contribution in [0.15, 0.2) is 36.1 Å². The van der Waals surface area contributed by atoms with E-state index < -0.39 is 0 Å². The monoisotopic (exact) mass is 218 g/mol. The number of nitrogens with zero attached hydrogens (tertiary/aromatic N) is 2. The summed E-state index contributed by atoms with van der Waals surface area (Å²) >= 11 is 1.62. The third-order valence-corrected chi connectivity index (χ3v) is 2.76. The minimum absolute atomic E-state index is 0.0678. The normalized spacial score (nSPS) is 11.0. The molecule has 0 aliphatic carbocycles. The molecule has 0 amide bonds. The van der Waals surface area contributed by atoms with Crippen LogP contribution in [0.25, 0.3) is 17.3 Å². The Hall–Kier alpha value is -1.52. The second kappa shape index (κ2) is 4.82. The lowest BCUT2D eigenvalue weighted by atomic mass is 10.2. The minimum Gasteiger partial charge on any atom is -0.392 e. The number of aliphatic hydroxyl groups excluding tert-OH is 1. The molecule has 2 rings (SSSR count). The Morgan fingerprint density at radius 3 is 3.07 bits per heavy atom. The Morgan fingerprint density at radius 1 is 1.40 bits per heavy atom. The summed E-state index contributed by atoms with van der Waals surface area (Å²) < 4.78 is 0. The van der Waals surface area contributed by atoms with E-state index in [9.17, 15) is 0 Å². The van der Waals surface area contributed by atoms with Crippen LogP contribution < -0.4 is 0 Å². The van der Waals surface area contributed by atoms with Gasteiger partial charge in [0, 0.05) is 28.2 Å². The van der Waals surface area contributed by atoms with Gasteiger partial charge in [0.25, 0.3) is 0 Å². The molecular weight excluding hydrogens is 208 g/mol. The molecule has 3 nitrogen and oxygen atoms in total. The largest absolute Gasteiger partial charge is 0.392 e. The third kappa shape index (κ3) is 2.49. The Morgan fingerprint density at radius 2 is 2.33 bits per heavy atom. The van der Waals surface area contributed by atoms with Crippen LogP contribution >= 0.6 is 11.3 Å². The van der Waals surface area contributed by atoms with Crippen molar-refractivity contribution >= 4 is 17.4 Å². The topological polar surface area (TPSA) is 46.0 Å². The Labute approximate surface area is 91.8 Å². The molecule has 0 fully saturated rings. The Kier molecular flexibility index (Phi) is 3.22. The van der Waals surface area contributed by atoms with Gasteiger partial charge in [-0.05, 0) is 12.1 Å². The summed E-state index contributed by atoms with van der Waals surface area (Å²) in [5.74, 6) is 0. The van der Waals surface area contributed by atoms with Crippen LogP contribution in [0.2, 0.25) is 0 Å². The maximum atomic E-state index is 8.65.